The maximum absolute atomic E-state index is 12.1. The van der Waals surface area contributed by atoms with Crippen molar-refractivity contribution in [1.29, 1.82) is 0 Å². The molecule has 0 atom stereocenters. The Morgan fingerprint density at radius 1 is 0.875 bits per heavy atom. The molecule has 2 aromatic carbocycles. The van der Waals surface area contributed by atoms with Crippen LogP contribution >= 0.6 is 0 Å². The van der Waals surface area contributed by atoms with Crippen LogP contribution in [0.1, 0.15) is 35.6 Å². The number of anilines is 2. The molecule has 4 nitrogen and oxygen atoms in total. The highest BCUT2D eigenvalue weighted by atomic mass is 16.2. The molecule has 2 amide bonds. The van der Waals surface area contributed by atoms with Gasteiger partial charge in [-0.3, -0.25) is 9.59 Å². The average molecular weight is 324 g/mol. The fourth-order valence-electron chi connectivity index (χ4n) is 2.74. The van der Waals surface area contributed by atoms with Crippen LogP contribution in [0.25, 0.3) is 0 Å². The van der Waals surface area contributed by atoms with E-state index >= 15 is 0 Å². The third-order valence-electron chi connectivity index (χ3n) is 3.91. The number of carbonyl (C=O) groups is 2. The van der Waals surface area contributed by atoms with Gasteiger partial charge in [-0.25, -0.2) is 0 Å². The fourth-order valence-corrected chi connectivity index (χ4v) is 2.74. The number of benzene rings is 2. The van der Waals surface area contributed by atoms with Crippen molar-refractivity contribution in [2.75, 3.05) is 10.6 Å². The quantitative estimate of drug-likeness (QED) is 0.812. The molecule has 0 bridgehead atoms. The molecule has 0 heterocycles. The third kappa shape index (κ3) is 4.69. The summed E-state index contributed by atoms with van der Waals surface area (Å²) in [6, 6.07) is 11.7. The molecule has 0 radical (unpaired) electrons. The van der Waals surface area contributed by atoms with Gasteiger partial charge >= 0.3 is 0 Å². The summed E-state index contributed by atoms with van der Waals surface area (Å²) in [5.41, 5.74) is 5.83. The summed E-state index contributed by atoms with van der Waals surface area (Å²) in [4.78, 5) is 24.2. The highest BCUT2D eigenvalue weighted by Gasteiger charge is 2.12. The molecule has 126 valence electrons. The number of hydrogen-bond acceptors (Lipinski definition) is 2. The topological polar surface area (TPSA) is 58.2 Å². The van der Waals surface area contributed by atoms with Crippen LogP contribution in [0.5, 0.6) is 0 Å². The highest BCUT2D eigenvalue weighted by Crippen LogP contribution is 2.22. The third-order valence-corrected chi connectivity index (χ3v) is 3.91. The van der Waals surface area contributed by atoms with Crippen LogP contribution in [0.3, 0.4) is 0 Å². The van der Waals surface area contributed by atoms with Gasteiger partial charge in [0.15, 0.2) is 0 Å². The van der Waals surface area contributed by atoms with Gasteiger partial charge in [-0.2, -0.15) is 0 Å². The molecule has 0 aliphatic rings. The maximum atomic E-state index is 12.1. The van der Waals surface area contributed by atoms with E-state index < -0.39 is 0 Å². The Kier molecular flexibility index (Phi) is 5.74. The average Bonchev–Trinajstić information content (AvgIpc) is 2.51. The smallest absolute Gasteiger partial charge is 0.233 e. The van der Waals surface area contributed by atoms with Crippen LogP contribution in [-0.4, -0.2) is 11.8 Å². The van der Waals surface area contributed by atoms with Gasteiger partial charge in [-0.15, -0.1) is 0 Å². The summed E-state index contributed by atoms with van der Waals surface area (Å²) in [6.45, 7) is 7.99. The van der Waals surface area contributed by atoms with Gasteiger partial charge in [0, 0.05) is 11.4 Å². The fraction of sp³-hybridized carbons (Fsp3) is 0.300. The Morgan fingerprint density at radius 2 is 1.42 bits per heavy atom. The predicted molar refractivity (Wildman–Crippen MR) is 98.3 cm³/mol. The first kappa shape index (κ1) is 17.7. The van der Waals surface area contributed by atoms with E-state index in [1.165, 1.54) is 5.56 Å². The number of rotatable bonds is 5. The van der Waals surface area contributed by atoms with E-state index in [1.807, 2.05) is 57.2 Å². The number of carbonyl (C=O) groups excluding carboxylic acids is 2. The normalized spacial score (nSPS) is 10.3. The van der Waals surface area contributed by atoms with Gasteiger partial charge in [-0.1, -0.05) is 36.8 Å². The monoisotopic (exact) mass is 324 g/mol. The lowest BCUT2D eigenvalue weighted by Crippen LogP contribution is -2.22. The molecule has 0 unspecified atom stereocenters. The SMILES string of the molecule is CCc1ccc(NC(=O)CC(=O)Nc2c(C)cc(C)cc2C)cc1. The van der Waals surface area contributed by atoms with E-state index in [2.05, 4.69) is 17.6 Å². The van der Waals surface area contributed by atoms with Crippen molar-refractivity contribution in [1.82, 2.24) is 0 Å². The van der Waals surface area contributed by atoms with Crippen molar-refractivity contribution < 1.29 is 9.59 Å². The zero-order valence-corrected chi connectivity index (χ0v) is 14.7. The number of amides is 2. The van der Waals surface area contributed by atoms with Gasteiger partial charge in [0.25, 0.3) is 0 Å². The van der Waals surface area contributed by atoms with Crippen LogP contribution in [0.15, 0.2) is 36.4 Å². The minimum atomic E-state index is -0.320. The van der Waals surface area contributed by atoms with Gasteiger partial charge in [0.05, 0.1) is 0 Å². The lowest BCUT2D eigenvalue weighted by Gasteiger charge is -2.13. The minimum Gasteiger partial charge on any atom is -0.326 e. The molecule has 0 spiro atoms. The van der Waals surface area contributed by atoms with Crippen molar-refractivity contribution in [2.45, 2.75) is 40.5 Å². The standard InChI is InChI=1S/C20H24N2O2/c1-5-16-6-8-17(9-7-16)21-18(23)12-19(24)22-20-14(3)10-13(2)11-15(20)4/h6-11H,5,12H2,1-4H3,(H,21,23)(H,22,24). The molecule has 2 N–H and O–H groups in total. The van der Waals surface area contributed by atoms with Crippen molar-refractivity contribution in [3.05, 3.63) is 58.7 Å². The van der Waals surface area contributed by atoms with E-state index in [0.29, 0.717) is 5.69 Å². The summed E-state index contributed by atoms with van der Waals surface area (Å²) in [6.07, 6.45) is 0.744. The first-order valence-corrected chi connectivity index (χ1v) is 8.15. The Hall–Kier alpha value is -2.62. The van der Waals surface area contributed by atoms with E-state index in [0.717, 1.165) is 28.8 Å². The molecule has 24 heavy (non-hydrogen) atoms. The molecule has 0 aliphatic carbocycles. The van der Waals surface area contributed by atoms with Crippen molar-refractivity contribution in [2.24, 2.45) is 0 Å². The number of nitrogens with one attached hydrogen (secondary N) is 2. The molecule has 4 heteroatoms. The zero-order valence-electron chi connectivity index (χ0n) is 14.7. The Bertz CT molecular complexity index is 726. The zero-order chi connectivity index (χ0) is 17.7. The largest absolute Gasteiger partial charge is 0.326 e. The highest BCUT2D eigenvalue weighted by molar-refractivity contribution is 6.08. The first-order valence-electron chi connectivity index (χ1n) is 8.15. The summed E-state index contributed by atoms with van der Waals surface area (Å²) < 4.78 is 0. The summed E-state index contributed by atoms with van der Waals surface area (Å²) in [5.74, 6) is -0.633. The maximum Gasteiger partial charge on any atom is 0.233 e. The van der Waals surface area contributed by atoms with Crippen LogP contribution in [-0.2, 0) is 16.0 Å². The second-order valence-corrected chi connectivity index (χ2v) is 6.10. The van der Waals surface area contributed by atoms with Crippen molar-refractivity contribution in [3.8, 4) is 0 Å². The van der Waals surface area contributed by atoms with Gasteiger partial charge in [-0.05, 0) is 56.0 Å². The molecule has 0 aromatic heterocycles. The molecule has 2 rings (SSSR count). The second kappa shape index (κ2) is 7.77. The van der Waals surface area contributed by atoms with E-state index in [4.69, 9.17) is 0 Å². The van der Waals surface area contributed by atoms with Crippen LogP contribution in [0.2, 0.25) is 0 Å². The van der Waals surface area contributed by atoms with Gasteiger partial charge in [0.2, 0.25) is 11.8 Å². The van der Waals surface area contributed by atoms with Crippen molar-refractivity contribution >= 4 is 23.2 Å². The van der Waals surface area contributed by atoms with Crippen molar-refractivity contribution in [3.63, 3.8) is 0 Å². The number of aryl methyl sites for hydroxylation is 4. The molecular weight excluding hydrogens is 300 g/mol. The molecule has 0 saturated carbocycles. The molecule has 0 saturated heterocycles. The molecular formula is C20H24N2O2. The Labute approximate surface area is 143 Å². The first-order chi connectivity index (χ1) is 11.4. The summed E-state index contributed by atoms with van der Waals surface area (Å²) in [5, 5.41) is 5.59. The molecule has 2 aromatic rings. The van der Waals surface area contributed by atoms with Crippen LogP contribution in [0, 0.1) is 20.8 Å². The Balaban J connectivity index is 1.95. The summed E-state index contributed by atoms with van der Waals surface area (Å²) in [7, 11) is 0. The second-order valence-electron chi connectivity index (χ2n) is 6.10. The number of hydrogen-bond donors (Lipinski definition) is 2. The van der Waals surface area contributed by atoms with E-state index in [9.17, 15) is 9.59 Å². The van der Waals surface area contributed by atoms with E-state index in [-0.39, 0.29) is 18.2 Å². The molecule has 0 aliphatic heterocycles. The minimum absolute atomic E-state index is 0.206. The van der Waals surface area contributed by atoms with Gasteiger partial charge in [0.1, 0.15) is 6.42 Å². The van der Waals surface area contributed by atoms with Gasteiger partial charge < -0.3 is 10.6 Å². The van der Waals surface area contributed by atoms with Crippen LogP contribution in [0.4, 0.5) is 11.4 Å². The van der Waals surface area contributed by atoms with E-state index in [1.54, 1.807) is 0 Å². The summed E-state index contributed by atoms with van der Waals surface area (Å²) >= 11 is 0. The Morgan fingerprint density at radius 3 is 1.96 bits per heavy atom. The van der Waals surface area contributed by atoms with Crippen LogP contribution < -0.4 is 10.6 Å². The predicted octanol–water partition coefficient (Wildman–Crippen LogP) is 4.14. The lowest BCUT2D eigenvalue weighted by atomic mass is 10.0. The molecule has 0 fully saturated rings. The lowest BCUT2D eigenvalue weighted by molar-refractivity contribution is -0.123.